The Bertz CT molecular complexity index is 198. The van der Waals surface area contributed by atoms with Crippen molar-refractivity contribution in [3.63, 3.8) is 0 Å². The molecule has 1 heterocycles. The van der Waals surface area contributed by atoms with Crippen LogP contribution < -0.4 is 5.43 Å². The lowest BCUT2D eigenvalue weighted by atomic mass is 10.4. The number of nitrogens with zero attached hydrogens (tertiary/aromatic N) is 3. The van der Waals surface area contributed by atoms with Crippen molar-refractivity contribution >= 4 is 17.3 Å². The molecular formula is C4HClN3. The highest BCUT2D eigenvalue weighted by atomic mass is 35.5. The summed E-state index contributed by atoms with van der Waals surface area (Å²) in [5, 5.41) is 11.9. The maximum Gasteiger partial charge on any atom is 0.183 e. The van der Waals surface area contributed by atoms with Gasteiger partial charge in [-0.3, -0.25) is 0 Å². The number of hydrogen-bond acceptors (Lipinski definition) is 2. The molecule has 0 aromatic rings. The number of allylic oxidation sites excluding steroid dienone is 1. The van der Waals surface area contributed by atoms with E-state index in [1.54, 1.807) is 6.07 Å². The van der Waals surface area contributed by atoms with Crippen LogP contribution >= 0.6 is 11.6 Å². The Morgan fingerprint density at radius 3 is 2.75 bits per heavy atom. The lowest BCUT2D eigenvalue weighted by molar-refractivity contribution is 0.973. The standard InChI is InChI=1S/C4HClN3/c5-3-2-7-8-4(3)1-6/h2H. The quantitative estimate of drug-likeness (QED) is 0.468. The maximum atomic E-state index is 8.17. The molecule has 0 bridgehead atoms. The molecule has 0 aliphatic carbocycles. The molecule has 39 valence electrons. The lowest BCUT2D eigenvalue weighted by Crippen LogP contribution is -1.86. The first kappa shape index (κ1) is 5.13. The van der Waals surface area contributed by atoms with Crippen LogP contribution in [0.5, 0.6) is 0 Å². The molecule has 8 heavy (non-hydrogen) atoms. The van der Waals surface area contributed by atoms with E-state index in [1.165, 1.54) is 6.20 Å². The summed E-state index contributed by atoms with van der Waals surface area (Å²) in [6.45, 7) is 0. The van der Waals surface area contributed by atoms with Crippen LogP contribution in [0.25, 0.3) is 0 Å². The summed E-state index contributed by atoms with van der Waals surface area (Å²) in [5.41, 5.74) is 3.57. The van der Waals surface area contributed by atoms with E-state index >= 15 is 0 Å². The first-order valence-corrected chi connectivity index (χ1v) is 2.26. The molecule has 0 saturated carbocycles. The average Bonchev–Trinajstić information content (AvgIpc) is 2.14. The fourth-order valence-electron chi connectivity index (χ4n) is 0.322. The minimum absolute atomic E-state index is 0.187. The van der Waals surface area contributed by atoms with Crippen LogP contribution in [0.15, 0.2) is 16.3 Å². The Morgan fingerprint density at radius 2 is 2.50 bits per heavy atom. The molecule has 0 N–H and O–H groups in total. The summed E-state index contributed by atoms with van der Waals surface area (Å²) >= 11 is 5.39. The molecule has 0 atom stereocenters. The summed E-state index contributed by atoms with van der Waals surface area (Å²) in [5.74, 6) is 0. The molecule has 0 fully saturated rings. The largest absolute Gasteiger partial charge is 0.191 e. The number of halogens is 1. The van der Waals surface area contributed by atoms with Gasteiger partial charge in [-0.05, 0) is 0 Å². The van der Waals surface area contributed by atoms with Gasteiger partial charge in [0.1, 0.15) is 6.07 Å². The summed E-state index contributed by atoms with van der Waals surface area (Å²) in [6.07, 6.45) is 1.33. The third-order valence-electron chi connectivity index (χ3n) is 0.661. The van der Waals surface area contributed by atoms with Crippen molar-refractivity contribution in [2.45, 2.75) is 0 Å². The molecule has 0 spiro atoms. The molecule has 0 amide bonds. The van der Waals surface area contributed by atoms with E-state index in [9.17, 15) is 0 Å². The minimum Gasteiger partial charge on any atom is -0.191 e. The van der Waals surface area contributed by atoms with Gasteiger partial charge in [-0.25, -0.2) is 0 Å². The van der Waals surface area contributed by atoms with Crippen LogP contribution in [0, 0.1) is 11.3 Å². The molecule has 0 unspecified atom stereocenters. The molecule has 4 heteroatoms. The second kappa shape index (κ2) is 1.85. The van der Waals surface area contributed by atoms with E-state index in [2.05, 4.69) is 10.5 Å². The van der Waals surface area contributed by atoms with Crippen molar-refractivity contribution in [1.29, 1.82) is 5.26 Å². The molecule has 1 rings (SSSR count). The highest BCUT2D eigenvalue weighted by Gasteiger charge is 2.07. The minimum atomic E-state index is 0.187. The van der Waals surface area contributed by atoms with E-state index in [1.807, 2.05) is 0 Å². The van der Waals surface area contributed by atoms with Crippen molar-refractivity contribution in [2.24, 2.45) is 5.10 Å². The van der Waals surface area contributed by atoms with E-state index in [0.29, 0.717) is 5.03 Å². The predicted octanol–water partition coefficient (Wildman–Crippen LogP) is 0.564. The number of nitriles is 1. The zero-order valence-electron chi connectivity index (χ0n) is 3.80. The van der Waals surface area contributed by atoms with Gasteiger partial charge in [0.2, 0.25) is 0 Å². The smallest absolute Gasteiger partial charge is 0.183 e. The zero-order valence-corrected chi connectivity index (χ0v) is 4.55. The van der Waals surface area contributed by atoms with E-state index in [0.717, 1.165) is 0 Å². The van der Waals surface area contributed by atoms with Gasteiger partial charge in [0.05, 0.1) is 11.2 Å². The van der Waals surface area contributed by atoms with Crippen molar-refractivity contribution in [1.82, 2.24) is 5.43 Å². The Balaban J connectivity index is 2.86. The Kier molecular flexibility index (Phi) is 1.18. The van der Waals surface area contributed by atoms with Gasteiger partial charge >= 0.3 is 0 Å². The first-order chi connectivity index (χ1) is 3.84. The van der Waals surface area contributed by atoms with Gasteiger partial charge in [0.25, 0.3) is 0 Å². The number of hydrogen-bond donors (Lipinski definition) is 0. The molecule has 1 aliphatic rings. The fraction of sp³-hybridized carbons (Fsp3) is 0. The van der Waals surface area contributed by atoms with E-state index < -0.39 is 0 Å². The van der Waals surface area contributed by atoms with Gasteiger partial charge in [-0.2, -0.15) is 10.7 Å². The van der Waals surface area contributed by atoms with Crippen LogP contribution in [0.3, 0.4) is 0 Å². The van der Waals surface area contributed by atoms with Gasteiger partial charge in [0, 0.05) is 0 Å². The van der Waals surface area contributed by atoms with Gasteiger partial charge in [0.15, 0.2) is 5.71 Å². The molecule has 0 aromatic heterocycles. The molecule has 3 nitrogen and oxygen atoms in total. The van der Waals surface area contributed by atoms with Crippen molar-refractivity contribution < 1.29 is 0 Å². The van der Waals surface area contributed by atoms with Gasteiger partial charge in [-0.1, -0.05) is 11.6 Å². The molecule has 0 aromatic carbocycles. The number of rotatable bonds is 0. The van der Waals surface area contributed by atoms with E-state index in [4.69, 9.17) is 16.9 Å². The second-order valence-corrected chi connectivity index (χ2v) is 1.56. The molecular weight excluding hydrogens is 126 g/mol. The molecule has 1 aliphatic heterocycles. The van der Waals surface area contributed by atoms with E-state index in [-0.39, 0.29) is 5.71 Å². The van der Waals surface area contributed by atoms with Gasteiger partial charge in [-0.15, -0.1) is 5.10 Å². The van der Waals surface area contributed by atoms with Crippen LogP contribution in [0.2, 0.25) is 0 Å². The second-order valence-electron chi connectivity index (χ2n) is 1.15. The lowest BCUT2D eigenvalue weighted by Gasteiger charge is -1.75. The summed E-state index contributed by atoms with van der Waals surface area (Å²) in [7, 11) is 0. The zero-order chi connectivity index (χ0) is 5.98. The topological polar surface area (TPSA) is 50.2 Å². The van der Waals surface area contributed by atoms with Crippen molar-refractivity contribution in [2.75, 3.05) is 0 Å². The van der Waals surface area contributed by atoms with Crippen LogP contribution in [0.1, 0.15) is 0 Å². The first-order valence-electron chi connectivity index (χ1n) is 1.88. The fourth-order valence-corrected chi connectivity index (χ4v) is 0.446. The SMILES string of the molecule is N#CC1=N[N]C=C1Cl. The Labute approximate surface area is 51.2 Å². The van der Waals surface area contributed by atoms with Crippen molar-refractivity contribution in [3.05, 3.63) is 11.2 Å². The predicted molar refractivity (Wildman–Crippen MR) is 29.1 cm³/mol. The molecule has 1 radical (unpaired) electrons. The normalized spacial score (nSPS) is 16.0. The maximum absolute atomic E-state index is 8.17. The van der Waals surface area contributed by atoms with Crippen LogP contribution in [-0.2, 0) is 0 Å². The average molecular weight is 127 g/mol. The third kappa shape index (κ3) is 0.658. The molecule has 0 saturated heterocycles. The third-order valence-corrected chi connectivity index (χ3v) is 0.938. The van der Waals surface area contributed by atoms with Gasteiger partial charge < -0.3 is 0 Å². The Hall–Kier alpha value is -1.01. The highest BCUT2D eigenvalue weighted by molar-refractivity contribution is 6.46. The summed E-state index contributed by atoms with van der Waals surface area (Å²) in [6, 6.07) is 1.77. The monoisotopic (exact) mass is 126 g/mol. The van der Waals surface area contributed by atoms with Crippen LogP contribution in [0.4, 0.5) is 0 Å². The summed E-state index contributed by atoms with van der Waals surface area (Å²) < 4.78 is 0. The summed E-state index contributed by atoms with van der Waals surface area (Å²) in [4.78, 5) is 0. The highest BCUT2D eigenvalue weighted by Crippen LogP contribution is 2.07. The van der Waals surface area contributed by atoms with Crippen LogP contribution in [-0.4, -0.2) is 5.71 Å². The van der Waals surface area contributed by atoms with Crippen molar-refractivity contribution in [3.8, 4) is 6.07 Å². The Morgan fingerprint density at radius 1 is 1.75 bits per heavy atom.